The Labute approximate surface area is 143 Å². The van der Waals surface area contributed by atoms with Crippen molar-refractivity contribution >= 4 is 15.9 Å². The third kappa shape index (κ3) is 3.46. The van der Waals surface area contributed by atoms with Crippen molar-refractivity contribution in [1.82, 2.24) is 19.4 Å². The van der Waals surface area contributed by atoms with Gasteiger partial charge in [-0.25, -0.2) is 12.7 Å². The molecule has 3 aliphatic heterocycles. The van der Waals surface area contributed by atoms with Crippen molar-refractivity contribution in [1.29, 1.82) is 0 Å². The summed E-state index contributed by atoms with van der Waals surface area (Å²) in [6.07, 6.45) is 0. The van der Waals surface area contributed by atoms with Crippen LogP contribution in [0.1, 0.15) is 10.4 Å². The molecule has 4 rings (SSSR count). The summed E-state index contributed by atoms with van der Waals surface area (Å²) < 4.78 is 25.2. The Bertz CT molecular complexity index is 695. The van der Waals surface area contributed by atoms with Crippen LogP contribution in [-0.4, -0.2) is 87.8 Å². The summed E-state index contributed by atoms with van der Waals surface area (Å²) in [5.74, 6) is -0.165. The Kier molecular flexibility index (Phi) is 4.91. The van der Waals surface area contributed by atoms with E-state index >= 15 is 0 Å². The minimum absolute atomic E-state index is 0.165. The monoisotopic (exact) mass is 352 g/mol. The van der Waals surface area contributed by atoms with Gasteiger partial charge < -0.3 is 5.32 Å². The van der Waals surface area contributed by atoms with Crippen molar-refractivity contribution in [3.63, 3.8) is 0 Å². The van der Waals surface area contributed by atoms with Gasteiger partial charge in [0.1, 0.15) is 0 Å². The van der Waals surface area contributed by atoms with E-state index in [1.165, 1.54) is 26.2 Å². The second-order valence-electron chi connectivity index (χ2n) is 6.51. The zero-order chi connectivity index (χ0) is 17.3. The minimum Gasteiger partial charge on any atom is -0.350 e. The maximum atomic E-state index is 12.3. The van der Waals surface area contributed by atoms with Crippen LogP contribution in [0.4, 0.5) is 0 Å². The van der Waals surface area contributed by atoms with Crippen LogP contribution in [0.15, 0.2) is 29.2 Å². The first kappa shape index (κ1) is 17.3. The number of hydrogen-bond donors (Lipinski definition) is 1. The molecule has 3 heterocycles. The summed E-state index contributed by atoms with van der Waals surface area (Å²) >= 11 is 0. The van der Waals surface area contributed by atoms with E-state index in [1.807, 2.05) is 0 Å². The Morgan fingerprint density at radius 1 is 1.17 bits per heavy atom. The lowest BCUT2D eigenvalue weighted by Gasteiger charge is -2.47. The summed E-state index contributed by atoms with van der Waals surface area (Å²) in [7, 11) is -0.495. The molecule has 2 bridgehead atoms. The number of carbonyl (C=O) groups is 1. The number of carbonyl (C=O) groups excluding carboxylic acids is 1. The Hall–Kier alpha value is -1.48. The number of benzene rings is 1. The molecule has 1 unspecified atom stereocenters. The molecule has 8 heteroatoms. The van der Waals surface area contributed by atoms with Crippen LogP contribution in [-0.2, 0) is 10.0 Å². The highest BCUT2D eigenvalue weighted by molar-refractivity contribution is 7.89. The third-order valence-electron chi connectivity index (χ3n) is 4.79. The van der Waals surface area contributed by atoms with E-state index in [0.717, 1.165) is 37.0 Å². The summed E-state index contributed by atoms with van der Waals surface area (Å²) in [5, 5.41) is 2.97. The summed E-state index contributed by atoms with van der Waals surface area (Å²) in [5.41, 5.74) is 0.476. The standard InChI is InChI=1S/C16H24N4O3S/c1-18(2)24(22,23)15-5-3-13(4-6-15)16(21)17-11-14-12-19-7-9-20(14)10-8-19/h3-6,14H,7-12H2,1-2H3,(H,17,21). The van der Waals surface area contributed by atoms with E-state index in [9.17, 15) is 13.2 Å². The molecule has 0 spiro atoms. The topological polar surface area (TPSA) is 73.0 Å². The average Bonchev–Trinajstić information content (AvgIpc) is 2.60. The van der Waals surface area contributed by atoms with Gasteiger partial charge in [0.15, 0.2) is 0 Å². The molecule has 3 saturated heterocycles. The number of nitrogens with zero attached hydrogens (tertiary/aromatic N) is 3. The first-order valence-corrected chi connectivity index (χ1v) is 9.59. The minimum atomic E-state index is -3.47. The fraction of sp³-hybridized carbons (Fsp3) is 0.562. The van der Waals surface area contributed by atoms with Crippen molar-refractivity contribution in [2.75, 3.05) is 53.4 Å². The van der Waals surface area contributed by atoms with Crippen LogP contribution >= 0.6 is 0 Å². The fourth-order valence-corrected chi connectivity index (χ4v) is 4.12. The highest BCUT2D eigenvalue weighted by Gasteiger charge is 2.31. The van der Waals surface area contributed by atoms with E-state index in [2.05, 4.69) is 15.1 Å². The van der Waals surface area contributed by atoms with Crippen LogP contribution in [0.2, 0.25) is 0 Å². The van der Waals surface area contributed by atoms with Crippen LogP contribution in [0.25, 0.3) is 0 Å². The zero-order valence-corrected chi connectivity index (χ0v) is 14.9. The molecule has 0 saturated carbocycles. The van der Waals surface area contributed by atoms with Gasteiger partial charge in [-0.3, -0.25) is 14.6 Å². The Balaban J connectivity index is 1.59. The smallest absolute Gasteiger partial charge is 0.251 e. The molecule has 0 radical (unpaired) electrons. The molecule has 1 N–H and O–H groups in total. The van der Waals surface area contributed by atoms with Crippen molar-refractivity contribution in [2.45, 2.75) is 10.9 Å². The predicted molar refractivity (Wildman–Crippen MR) is 91.4 cm³/mol. The van der Waals surface area contributed by atoms with Crippen LogP contribution in [0.3, 0.4) is 0 Å². The molecule has 132 valence electrons. The summed E-state index contributed by atoms with van der Waals surface area (Å²) in [6.45, 7) is 5.99. The second-order valence-corrected chi connectivity index (χ2v) is 8.66. The highest BCUT2D eigenvalue weighted by Crippen LogP contribution is 2.16. The Morgan fingerprint density at radius 2 is 1.79 bits per heavy atom. The molecular formula is C16H24N4O3S. The number of rotatable bonds is 5. The van der Waals surface area contributed by atoms with Gasteiger partial charge in [0, 0.05) is 65.0 Å². The van der Waals surface area contributed by atoms with Gasteiger partial charge in [0.25, 0.3) is 5.91 Å². The average molecular weight is 352 g/mol. The number of piperazine rings is 3. The van der Waals surface area contributed by atoms with Crippen LogP contribution < -0.4 is 5.32 Å². The predicted octanol–water partition coefficient (Wildman–Crippen LogP) is -0.333. The van der Waals surface area contributed by atoms with Gasteiger partial charge in [0.05, 0.1) is 4.90 Å². The van der Waals surface area contributed by atoms with E-state index in [0.29, 0.717) is 18.2 Å². The SMILES string of the molecule is CN(C)S(=O)(=O)c1ccc(C(=O)NCC2CN3CCN2CC3)cc1. The molecule has 24 heavy (non-hydrogen) atoms. The van der Waals surface area contributed by atoms with Crippen molar-refractivity contribution in [2.24, 2.45) is 0 Å². The number of sulfonamides is 1. The molecule has 1 amide bonds. The molecule has 3 fully saturated rings. The lowest BCUT2D eigenvalue weighted by molar-refractivity contribution is 0.0138. The van der Waals surface area contributed by atoms with E-state index in [1.54, 1.807) is 12.1 Å². The molecule has 1 atom stereocenters. The van der Waals surface area contributed by atoms with Gasteiger partial charge in [-0.2, -0.15) is 0 Å². The first-order chi connectivity index (χ1) is 11.4. The number of hydrogen-bond acceptors (Lipinski definition) is 5. The van der Waals surface area contributed by atoms with Gasteiger partial charge in [-0.1, -0.05) is 0 Å². The van der Waals surface area contributed by atoms with Gasteiger partial charge in [-0.05, 0) is 24.3 Å². The van der Waals surface area contributed by atoms with Gasteiger partial charge in [-0.15, -0.1) is 0 Å². The van der Waals surface area contributed by atoms with Crippen molar-refractivity contribution < 1.29 is 13.2 Å². The van der Waals surface area contributed by atoms with Crippen molar-refractivity contribution in [3.05, 3.63) is 29.8 Å². The number of fused-ring (bicyclic) bond motifs is 3. The second kappa shape index (κ2) is 6.79. The molecule has 1 aromatic rings. The fourth-order valence-electron chi connectivity index (χ4n) is 3.22. The molecule has 0 aliphatic carbocycles. The quantitative estimate of drug-likeness (QED) is 0.785. The normalized spacial score (nSPS) is 26.5. The highest BCUT2D eigenvalue weighted by atomic mass is 32.2. The largest absolute Gasteiger partial charge is 0.350 e. The van der Waals surface area contributed by atoms with E-state index < -0.39 is 10.0 Å². The first-order valence-electron chi connectivity index (χ1n) is 8.15. The van der Waals surface area contributed by atoms with Gasteiger partial charge in [0.2, 0.25) is 10.0 Å². The van der Waals surface area contributed by atoms with Crippen molar-refractivity contribution in [3.8, 4) is 0 Å². The third-order valence-corrected chi connectivity index (χ3v) is 6.61. The number of nitrogens with one attached hydrogen (secondary N) is 1. The number of amides is 1. The molecule has 3 aliphatic rings. The maximum Gasteiger partial charge on any atom is 0.251 e. The van der Waals surface area contributed by atoms with Crippen LogP contribution in [0.5, 0.6) is 0 Å². The van der Waals surface area contributed by atoms with E-state index in [4.69, 9.17) is 0 Å². The molecule has 1 aromatic carbocycles. The lowest BCUT2D eigenvalue weighted by Crippen LogP contribution is -2.63. The zero-order valence-electron chi connectivity index (χ0n) is 14.1. The van der Waals surface area contributed by atoms with E-state index in [-0.39, 0.29) is 10.8 Å². The van der Waals surface area contributed by atoms with Gasteiger partial charge >= 0.3 is 0 Å². The summed E-state index contributed by atoms with van der Waals surface area (Å²) in [6, 6.07) is 6.43. The lowest BCUT2D eigenvalue weighted by atomic mass is 10.1. The maximum absolute atomic E-state index is 12.3. The molecular weight excluding hydrogens is 328 g/mol. The molecule has 0 aromatic heterocycles. The van der Waals surface area contributed by atoms with Crippen LogP contribution in [0, 0.1) is 0 Å². The summed E-state index contributed by atoms with van der Waals surface area (Å²) in [4.78, 5) is 17.3. The Morgan fingerprint density at radius 3 is 2.29 bits per heavy atom. The molecule has 7 nitrogen and oxygen atoms in total.